The van der Waals surface area contributed by atoms with Crippen LogP contribution in [0.4, 0.5) is 4.79 Å². The molecule has 0 spiro atoms. The van der Waals surface area contributed by atoms with Crippen molar-refractivity contribution < 1.29 is 23.1 Å². The van der Waals surface area contributed by atoms with Crippen molar-refractivity contribution in [1.82, 2.24) is 10.6 Å². The lowest BCUT2D eigenvalue weighted by Gasteiger charge is -2.22. The molecule has 0 aromatic rings. The first kappa shape index (κ1) is 19.7. The van der Waals surface area contributed by atoms with Crippen LogP contribution in [-0.2, 0) is 14.6 Å². The van der Waals surface area contributed by atoms with Gasteiger partial charge in [-0.1, -0.05) is 6.92 Å². The zero-order chi connectivity index (χ0) is 16.7. The zero-order valence-corrected chi connectivity index (χ0v) is 13.9. The van der Waals surface area contributed by atoms with Crippen LogP contribution in [0.3, 0.4) is 0 Å². The van der Waals surface area contributed by atoms with Crippen LogP contribution in [0.25, 0.3) is 0 Å². The molecule has 0 rings (SSSR count). The van der Waals surface area contributed by atoms with Crippen molar-refractivity contribution in [1.29, 1.82) is 0 Å². The van der Waals surface area contributed by atoms with Crippen LogP contribution in [0.1, 0.15) is 40.0 Å². The average Bonchev–Trinajstić information content (AvgIpc) is 2.32. The summed E-state index contributed by atoms with van der Waals surface area (Å²) in [4.78, 5) is 22.0. The SMILES string of the molecule is CC(CCNC(=O)NCC(C)(C)S(C)(=O)=O)CCC(=O)O. The van der Waals surface area contributed by atoms with Crippen LogP contribution in [0.15, 0.2) is 0 Å². The monoisotopic (exact) mass is 322 g/mol. The van der Waals surface area contributed by atoms with Gasteiger partial charge in [-0.3, -0.25) is 4.79 Å². The summed E-state index contributed by atoms with van der Waals surface area (Å²) >= 11 is 0. The largest absolute Gasteiger partial charge is 0.481 e. The molecular formula is C13H26N2O5S. The predicted molar refractivity (Wildman–Crippen MR) is 81.0 cm³/mol. The molecular weight excluding hydrogens is 296 g/mol. The maximum atomic E-state index is 11.6. The molecule has 0 bridgehead atoms. The van der Waals surface area contributed by atoms with E-state index in [9.17, 15) is 18.0 Å². The molecule has 0 aliphatic carbocycles. The van der Waals surface area contributed by atoms with Gasteiger partial charge < -0.3 is 15.7 Å². The Hall–Kier alpha value is -1.31. The molecule has 2 amide bonds. The molecule has 0 saturated heterocycles. The Morgan fingerprint density at radius 3 is 2.24 bits per heavy atom. The fourth-order valence-electron chi connectivity index (χ4n) is 1.43. The van der Waals surface area contributed by atoms with Crippen molar-refractivity contribution in [2.24, 2.45) is 5.92 Å². The van der Waals surface area contributed by atoms with E-state index in [1.807, 2.05) is 6.92 Å². The van der Waals surface area contributed by atoms with Gasteiger partial charge in [0.15, 0.2) is 9.84 Å². The van der Waals surface area contributed by atoms with E-state index in [0.717, 1.165) is 6.26 Å². The minimum atomic E-state index is -3.25. The van der Waals surface area contributed by atoms with Gasteiger partial charge in [0, 0.05) is 25.8 Å². The van der Waals surface area contributed by atoms with E-state index in [-0.39, 0.29) is 18.9 Å². The molecule has 1 unspecified atom stereocenters. The minimum Gasteiger partial charge on any atom is -0.481 e. The van der Waals surface area contributed by atoms with Crippen molar-refractivity contribution in [2.45, 2.75) is 44.8 Å². The van der Waals surface area contributed by atoms with Gasteiger partial charge in [-0.15, -0.1) is 0 Å². The van der Waals surface area contributed by atoms with Gasteiger partial charge >= 0.3 is 12.0 Å². The first-order valence-corrected chi connectivity index (χ1v) is 8.78. The summed E-state index contributed by atoms with van der Waals surface area (Å²) in [5, 5.41) is 13.7. The lowest BCUT2D eigenvalue weighted by atomic mass is 10.0. The number of carboxylic acids is 1. The number of sulfone groups is 1. The van der Waals surface area contributed by atoms with Gasteiger partial charge in [-0.25, -0.2) is 13.2 Å². The Bertz CT molecular complexity index is 459. The van der Waals surface area contributed by atoms with E-state index >= 15 is 0 Å². The van der Waals surface area contributed by atoms with E-state index in [1.165, 1.54) is 0 Å². The summed E-state index contributed by atoms with van der Waals surface area (Å²) < 4.78 is 21.9. The summed E-state index contributed by atoms with van der Waals surface area (Å²) in [5.41, 5.74) is 0. The van der Waals surface area contributed by atoms with Gasteiger partial charge in [0.25, 0.3) is 0 Å². The highest BCUT2D eigenvalue weighted by atomic mass is 32.2. The summed E-state index contributed by atoms with van der Waals surface area (Å²) in [7, 11) is -3.25. The smallest absolute Gasteiger partial charge is 0.314 e. The van der Waals surface area contributed by atoms with Crippen molar-refractivity contribution in [3.63, 3.8) is 0 Å². The van der Waals surface area contributed by atoms with Crippen LogP contribution in [0, 0.1) is 5.92 Å². The van der Waals surface area contributed by atoms with Gasteiger partial charge in [0.05, 0.1) is 4.75 Å². The van der Waals surface area contributed by atoms with E-state index in [1.54, 1.807) is 13.8 Å². The normalized spacial score (nSPS) is 13.5. The Morgan fingerprint density at radius 2 is 1.76 bits per heavy atom. The number of hydrogen-bond acceptors (Lipinski definition) is 4. The van der Waals surface area contributed by atoms with E-state index < -0.39 is 26.6 Å². The second-order valence-corrected chi connectivity index (χ2v) is 8.62. The highest BCUT2D eigenvalue weighted by Gasteiger charge is 2.30. The van der Waals surface area contributed by atoms with Crippen molar-refractivity contribution >= 4 is 21.8 Å². The molecule has 1 atom stereocenters. The topological polar surface area (TPSA) is 113 Å². The molecule has 0 fully saturated rings. The highest BCUT2D eigenvalue weighted by molar-refractivity contribution is 7.92. The number of amides is 2. The number of rotatable bonds is 9. The Labute approximate surface area is 126 Å². The number of nitrogens with one attached hydrogen (secondary N) is 2. The lowest BCUT2D eigenvalue weighted by molar-refractivity contribution is -0.137. The summed E-state index contributed by atoms with van der Waals surface area (Å²) in [6.07, 6.45) is 2.50. The zero-order valence-electron chi connectivity index (χ0n) is 13.1. The Kier molecular flexibility index (Phi) is 7.70. The number of carbonyl (C=O) groups excluding carboxylic acids is 1. The van der Waals surface area contributed by atoms with Crippen molar-refractivity contribution in [2.75, 3.05) is 19.3 Å². The first-order valence-electron chi connectivity index (χ1n) is 6.89. The van der Waals surface area contributed by atoms with Gasteiger partial charge in [-0.05, 0) is 32.6 Å². The Balaban J connectivity index is 3.94. The molecule has 124 valence electrons. The molecule has 0 heterocycles. The van der Waals surface area contributed by atoms with Crippen molar-refractivity contribution in [3.8, 4) is 0 Å². The molecule has 21 heavy (non-hydrogen) atoms. The molecule has 0 aliphatic heterocycles. The van der Waals surface area contributed by atoms with Crippen LogP contribution in [0.5, 0.6) is 0 Å². The quantitative estimate of drug-likeness (QED) is 0.586. The maximum Gasteiger partial charge on any atom is 0.314 e. The van der Waals surface area contributed by atoms with Gasteiger partial charge in [0.2, 0.25) is 0 Å². The van der Waals surface area contributed by atoms with Crippen LogP contribution in [0.2, 0.25) is 0 Å². The number of urea groups is 1. The third kappa shape index (κ3) is 8.54. The van der Waals surface area contributed by atoms with E-state index in [0.29, 0.717) is 19.4 Å². The minimum absolute atomic E-state index is 0.0340. The molecule has 0 radical (unpaired) electrons. The number of hydrogen-bond donors (Lipinski definition) is 3. The molecule has 3 N–H and O–H groups in total. The standard InChI is InChI=1S/C13H26N2O5S/c1-10(5-6-11(16)17)7-8-14-12(18)15-9-13(2,3)21(4,19)20/h10H,5-9H2,1-4H3,(H,16,17)(H2,14,15,18). The molecule has 8 heteroatoms. The second-order valence-electron chi connectivity index (χ2n) is 5.97. The molecule has 0 aliphatic rings. The van der Waals surface area contributed by atoms with Crippen LogP contribution >= 0.6 is 0 Å². The molecule has 0 saturated carbocycles. The van der Waals surface area contributed by atoms with E-state index in [4.69, 9.17) is 5.11 Å². The number of carboxylic acid groups (broad SMARTS) is 1. The summed E-state index contributed by atoms with van der Waals surface area (Å²) in [6, 6.07) is -0.419. The van der Waals surface area contributed by atoms with Gasteiger partial charge in [-0.2, -0.15) is 0 Å². The summed E-state index contributed by atoms with van der Waals surface area (Å²) in [6.45, 7) is 5.49. The fraction of sp³-hybridized carbons (Fsp3) is 0.846. The number of carbonyl (C=O) groups is 2. The third-order valence-electron chi connectivity index (χ3n) is 3.45. The van der Waals surface area contributed by atoms with Crippen molar-refractivity contribution in [3.05, 3.63) is 0 Å². The molecule has 7 nitrogen and oxygen atoms in total. The third-order valence-corrected chi connectivity index (χ3v) is 5.60. The first-order chi connectivity index (χ1) is 9.45. The molecule has 0 aromatic heterocycles. The fourth-order valence-corrected chi connectivity index (χ4v) is 1.77. The second kappa shape index (κ2) is 8.21. The predicted octanol–water partition coefficient (Wildman–Crippen LogP) is 1.000. The highest BCUT2D eigenvalue weighted by Crippen LogP contribution is 2.13. The van der Waals surface area contributed by atoms with Gasteiger partial charge in [0.1, 0.15) is 0 Å². The van der Waals surface area contributed by atoms with E-state index in [2.05, 4.69) is 10.6 Å². The number of aliphatic carboxylic acids is 1. The van der Waals surface area contributed by atoms with Crippen LogP contribution < -0.4 is 10.6 Å². The lowest BCUT2D eigenvalue weighted by Crippen LogP contribution is -2.47. The average molecular weight is 322 g/mol. The maximum absolute atomic E-state index is 11.6. The summed E-state index contributed by atoms with van der Waals surface area (Å²) in [5.74, 6) is -0.621. The molecule has 0 aromatic carbocycles. The Morgan fingerprint density at radius 1 is 1.19 bits per heavy atom. The van der Waals surface area contributed by atoms with Crippen LogP contribution in [-0.4, -0.2) is 49.6 Å².